The van der Waals surface area contributed by atoms with Crippen LogP contribution in [-0.4, -0.2) is 35.2 Å². The van der Waals surface area contributed by atoms with Crippen LogP contribution >= 0.6 is 27.5 Å². The quantitative estimate of drug-likeness (QED) is 0.366. The maximum Gasteiger partial charge on any atom is 0.242 e. The van der Waals surface area contributed by atoms with E-state index in [1.54, 1.807) is 0 Å². The van der Waals surface area contributed by atoms with E-state index in [1.807, 2.05) is 12.2 Å². The number of ether oxygens (including phenoxy) is 1. The lowest BCUT2D eigenvalue weighted by molar-refractivity contribution is 0.399. The molecule has 0 radical (unpaired) electrons. The molecule has 0 fully saturated rings. The highest BCUT2D eigenvalue weighted by atomic mass is 79.9. The van der Waals surface area contributed by atoms with Crippen molar-refractivity contribution in [1.82, 2.24) is 9.97 Å². The highest BCUT2D eigenvalue weighted by Crippen LogP contribution is 2.25. The Labute approximate surface area is 113 Å². The maximum atomic E-state index is 7.27. The lowest BCUT2D eigenvalue weighted by atomic mass is 10.3. The Morgan fingerprint density at radius 1 is 1.47 bits per heavy atom. The maximum absolute atomic E-state index is 7.27. The van der Waals surface area contributed by atoms with Gasteiger partial charge < -0.3 is 15.5 Å². The zero-order valence-electron chi connectivity index (χ0n) is 9.20. The first-order valence-corrected chi connectivity index (χ1v) is 6.29. The molecule has 0 atom stereocenters. The Morgan fingerprint density at radius 3 is 2.82 bits per heavy atom. The van der Waals surface area contributed by atoms with E-state index in [1.165, 1.54) is 7.11 Å². The summed E-state index contributed by atoms with van der Waals surface area (Å²) in [7, 11) is 1.49. The van der Waals surface area contributed by atoms with Crippen LogP contribution in [0.2, 0.25) is 5.28 Å². The fourth-order valence-corrected chi connectivity index (χ4v) is 1.59. The smallest absolute Gasteiger partial charge is 0.242 e. The minimum absolute atomic E-state index is 0.0573. The molecule has 7 heteroatoms. The molecule has 0 amide bonds. The third-order valence-electron chi connectivity index (χ3n) is 1.86. The number of hydrogen-bond acceptors (Lipinski definition) is 5. The third kappa shape index (κ3) is 3.98. The Kier molecular flexibility index (Phi) is 5.93. The average Bonchev–Trinajstić information content (AvgIpc) is 2.35. The molecule has 0 aromatic carbocycles. The van der Waals surface area contributed by atoms with Crippen LogP contribution in [0.3, 0.4) is 0 Å². The van der Waals surface area contributed by atoms with Gasteiger partial charge in [0, 0.05) is 18.1 Å². The fourth-order valence-electron chi connectivity index (χ4n) is 1.16. The first-order chi connectivity index (χ1) is 8.22. The summed E-state index contributed by atoms with van der Waals surface area (Å²) < 4.78 is 5.09. The highest BCUT2D eigenvalue weighted by molar-refractivity contribution is 9.09. The molecule has 17 heavy (non-hydrogen) atoms. The van der Waals surface area contributed by atoms with Crippen molar-refractivity contribution in [2.24, 2.45) is 0 Å². The second-order valence-electron chi connectivity index (χ2n) is 2.91. The van der Waals surface area contributed by atoms with Crippen LogP contribution in [0.1, 0.15) is 5.69 Å². The van der Waals surface area contributed by atoms with Crippen molar-refractivity contribution >= 4 is 39.4 Å². The van der Waals surface area contributed by atoms with Gasteiger partial charge in [-0.25, -0.2) is 4.98 Å². The van der Waals surface area contributed by atoms with Crippen molar-refractivity contribution in [3.63, 3.8) is 0 Å². The van der Waals surface area contributed by atoms with E-state index in [0.717, 1.165) is 11.5 Å². The Morgan fingerprint density at radius 2 is 2.24 bits per heavy atom. The standard InChI is InChI=1S/C10H12BrClN4O/c1-17-9-8(14-5-3-2-4-11)7(6-13)15-10(12)16-9/h2-3,6,13-14H,4-5H2,1H3/b3-2+,13-6?. The summed E-state index contributed by atoms with van der Waals surface area (Å²) in [6, 6.07) is 0. The SMILES string of the molecule is COc1nc(Cl)nc(C=N)c1NC/C=C/CBr. The van der Waals surface area contributed by atoms with E-state index < -0.39 is 0 Å². The molecule has 1 rings (SSSR count). The van der Waals surface area contributed by atoms with Crippen LogP contribution in [0.25, 0.3) is 0 Å². The van der Waals surface area contributed by atoms with Crippen LogP contribution < -0.4 is 10.1 Å². The molecule has 5 nitrogen and oxygen atoms in total. The minimum Gasteiger partial charge on any atom is -0.479 e. The second-order valence-corrected chi connectivity index (χ2v) is 3.90. The monoisotopic (exact) mass is 318 g/mol. The Bertz CT molecular complexity index is 425. The molecule has 0 saturated carbocycles. The normalized spacial score (nSPS) is 10.5. The number of allylic oxidation sites excluding steroid dienone is 1. The molecule has 0 aliphatic rings. The number of alkyl halides is 1. The number of methoxy groups -OCH3 is 1. The zero-order valence-corrected chi connectivity index (χ0v) is 11.5. The van der Waals surface area contributed by atoms with Gasteiger partial charge in [0.15, 0.2) is 0 Å². The molecule has 2 N–H and O–H groups in total. The Balaban J connectivity index is 2.94. The number of nitrogens with zero attached hydrogens (tertiary/aromatic N) is 2. The molecule has 1 aromatic heterocycles. The predicted octanol–water partition coefficient (Wildman–Crippen LogP) is 2.50. The summed E-state index contributed by atoms with van der Waals surface area (Å²) in [6.07, 6.45) is 5.00. The van der Waals surface area contributed by atoms with Crippen molar-refractivity contribution < 1.29 is 4.74 Å². The van der Waals surface area contributed by atoms with Gasteiger partial charge in [0.1, 0.15) is 11.4 Å². The van der Waals surface area contributed by atoms with Gasteiger partial charge in [0.05, 0.1) is 7.11 Å². The summed E-state index contributed by atoms with van der Waals surface area (Å²) in [5, 5.41) is 11.2. The van der Waals surface area contributed by atoms with E-state index >= 15 is 0 Å². The summed E-state index contributed by atoms with van der Waals surface area (Å²) in [6.45, 7) is 0.591. The predicted molar refractivity (Wildman–Crippen MR) is 72.9 cm³/mol. The molecule has 0 bridgehead atoms. The van der Waals surface area contributed by atoms with Crippen LogP contribution in [0.15, 0.2) is 12.2 Å². The fraction of sp³-hybridized carbons (Fsp3) is 0.300. The summed E-state index contributed by atoms with van der Waals surface area (Å²) in [4.78, 5) is 7.87. The third-order valence-corrected chi connectivity index (χ3v) is 2.40. The molecule has 0 unspecified atom stereocenters. The molecule has 0 aliphatic carbocycles. The number of anilines is 1. The van der Waals surface area contributed by atoms with Gasteiger partial charge in [-0.15, -0.1) is 0 Å². The topological polar surface area (TPSA) is 70.9 Å². The van der Waals surface area contributed by atoms with Crippen LogP contribution in [0.5, 0.6) is 5.88 Å². The van der Waals surface area contributed by atoms with Gasteiger partial charge in [0.2, 0.25) is 11.2 Å². The number of hydrogen-bond donors (Lipinski definition) is 2. The lowest BCUT2D eigenvalue weighted by Crippen LogP contribution is -2.07. The van der Waals surface area contributed by atoms with Gasteiger partial charge in [0.25, 0.3) is 0 Å². The zero-order chi connectivity index (χ0) is 12.7. The summed E-state index contributed by atoms with van der Waals surface area (Å²) in [5.74, 6) is 0.329. The van der Waals surface area contributed by atoms with E-state index in [9.17, 15) is 0 Å². The molecule has 0 aliphatic heterocycles. The van der Waals surface area contributed by atoms with E-state index in [4.69, 9.17) is 21.7 Å². The van der Waals surface area contributed by atoms with Gasteiger partial charge >= 0.3 is 0 Å². The van der Waals surface area contributed by atoms with Crippen LogP contribution in [0, 0.1) is 5.41 Å². The van der Waals surface area contributed by atoms with Crippen molar-refractivity contribution in [1.29, 1.82) is 5.41 Å². The van der Waals surface area contributed by atoms with Crippen LogP contribution in [-0.2, 0) is 0 Å². The largest absolute Gasteiger partial charge is 0.479 e. The highest BCUT2D eigenvalue weighted by Gasteiger charge is 2.11. The van der Waals surface area contributed by atoms with Gasteiger partial charge in [-0.3, -0.25) is 0 Å². The first-order valence-electron chi connectivity index (χ1n) is 4.79. The number of nitrogens with one attached hydrogen (secondary N) is 2. The Hall–Kier alpha value is -1.14. The molecule has 0 saturated heterocycles. The van der Waals surface area contributed by atoms with E-state index in [0.29, 0.717) is 23.8 Å². The number of rotatable bonds is 6. The molecule has 92 valence electrons. The molecule has 1 heterocycles. The average molecular weight is 320 g/mol. The van der Waals surface area contributed by atoms with Gasteiger partial charge in [-0.05, 0) is 11.6 Å². The van der Waals surface area contributed by atoms with Gasteiger partial charge in [-0.1, -0.05) is 28.1 Å². The lowest BCUT2D eigenvalue weighted by Gasteiger charge is -2.10. The van der Waals surface area contributed by atoms with Crippen molar-refractivity contribution in [3.05, 3.63) is 23.1 Å². The molecule has 0 spiro atoms. The van der Waals surface area contributed by atoms with E-state index in [-0.39, 0.29) is 5.28 Å². The summed E-state index contributed by atoms with van der Waals surface area (Å²) in [5.41, 5.74) is 0.959. The number of halogens is 2. The summed E-state index contributed by atoms with van der Waals surface area (Å²) >= 11 is 8.99. The van der Waals surface area contributed by atoms with Crippen molar-refractivity contribution in [3.8, 4) is 5.88 Å². The minimum atomic E-state index is 0.0573. The van der Waals surface area contributed by atoms with Crippen molar-refractivity contribution in [2.75, 3.05) is 24.3 Å². The van der Waals surface area contributed by atoms with Crippen LogP contribution in [0.4, 0.5) is 5.69 Å². The molecule has 1 aromatic rings. The number of aromatic nitrogens is 2. The van der Waals surface area contributed by atoms with E-state index in [2.05, 4.69) is 31.2 Å². The molecular formula is C10H12BrClN4O. The van der Waals surface area contributed by atoms with Crippen molar-refractivity contribution in [2.45, 2.75) is 0 Å². The van der Waals surface area contributed by atoms with Gasteiger partial charge in [-0.2, -0.15) is 4.98 Å². The first kappa shape index (κ1) is 13.9. The molecular weight excluding hydrogens is 307 g/mol. The second kappa shape index (κ2) is 7.24.